The molecule has 0 bridgehead atoms. The second kappa shape index (κ2) is 8.23. The molecular formula is C19H21N5O5. The van der Waals surface area contributed by atoms with Crippen LogP contribution in [0.2, 0.25) is 0 Å². The van der Waals surface area contributed by atoms with Crippen molar-refractivity contribution in [2.75, 3.05) is 45.2 Å². The number of nitrogens with one attached hydrogen (secondary N) is 1. The molecule has 1 aliphatic heterocycles. The Morgan fingerprint density at radius 3 is 2.21 bits per heavy atom. The van der Waals surface area contributed by atoms with E-state index in [-0.39, 0.29) is 24.0 Å². The summed E-state index contributed by atoms with van der Waals surface area (Å²) in [4.78, 5) is 54.0. The first-order chi connectivity index (χ1) is 13.8. The van der Waals surface area contributed by atoms with Gasteiger partial charge in [0.15, 0.2) is 0 Å². The van der Waals surface area contributed by atoms with Crippen LogP contribution in [0.25, 0.3) is 0 Å². The second-order valence-corrected chi connectivity index (χ2v) is 6.83. The Morgan fingerprint density at radius 1 is 1.00 bits per heavy atom. The first kappa shape index (κ1) is 20.2. The number of anilines is 1. The van der Waals surface area contributed by atoms with Gasteiger partial charge in [0.25, 0.3) is 11.8 Å². The van der Waals surface area contributed by atoms with Crippen molar-refractivity contribution in [2.45, 2.75) is 0 Å². The van der Waals surface area contributed by atoms with E-state index in [4.69, 9.17) is 0 Å². The lowest BCUT2D eigenvalue weighted by molar-refractivity contribution is -0.385. The Balaban J connectivity index is 1.56. The van der Waals surface area contributed by atoms with Crippen molar-refractivity contribution >= 4 is 23.2 Å². The fraction of sp³-hybridized carbons (Fsp3) is 0.316. The fourth-order valence-corrected chi connectivity index (χ4v) is 3.21. The number of carbonyl (C=O) groups excluding carboxylic acids is 2. The van der Waals surface area contributed by atoms with Gasteiger partial charge in [-0.3, -0.25) is 29.4 Å². The van der Waals surface area contributed by atoms with Crippen molar-refractivity contribution in [3.8, 4) is 0 Å². The molecular weight excluding hydrogens is 378 g/mol. The molecule has 0 unspecified atom stereocenters. The van der Waals surface area contributed by atoms with Crippen LogP contribution >= 0.6 is 0 Å². The third kappa shape index (κ3) is 4.02. The largest absolute Gasteiger partial charge is 0.368 e. The zero-order valence-corrected chi connectivity index (χ0v) is 16.1. The molecule has 2 heterocycles. The Morgan fingerprint density at radius 2 is 1.62 bits per heavy atom. The van der Waals surface area contributed by atoms with Crippen molar-refractivity contribution in [3.05, 3.63) is 68.1 Å². The summed E-state index contributed by atoms with van der Waals surface area (Å²) in [7, 11) is 3.50. The number of imide groups is 1. The molecule has 1 N–H and O–H groups in total. The van der Waals surface area contributed by atoms with Crippen LogP contribution < -0.4 is 10.5 Å². The van der Waals surface area contributed by atoms with Crippen LogP contribution in [0.4, 0.5) is 11.4 Å². The summed E-state index contributed by atoms with van der Waals surface area (Å²) < 4.78 is 0. The van der Waals surface area contributed by atoms with Gasteiger partial charge >= 0.3 is 11.2 Å². The summed E-state index contributed by atoms with van der Waals surface area (Å²) in [5.74, 6) is -0.592. The van der Waals surface area contributed by atoms with E-state index in [1.54, 1.807) is 36.2 Å². The Kier molecular flexibility index (Phi) is 5.74. The van der Waals surface area contributed by atoms with Crippen LogP contribution in [-0.4, -0.2) is 71.8 Å². The van der Waals surface area contributed by atoms with E-state index in [2.05, 4.69) is 4.98 Å². The van der Waals surface area contributed by atoms with Gasteiger partial charge in [-0.1, -0.05) is 12.1 Å². The lowest BCUT2D eigenvalue weighted by Gasteiger charge is -2.24. The molecule has 1 aromatic carbocycles. The lowest BCUT2D eigenvalue weighted by atomic mass is 10.1. The van der Waals surface area contributed by atoms with Crippen LogP contribution in [-0.2, 0) is 0 Å². The number of likely N-dealkylation sites (N-methyl/N-ethyl adjacent to an activating group) is 2. The van der Waals surface area contributed by atoms with E-state index in [9.17, 15) is 24.5 Å². The SMILES string of the molecule is CN(CCN1C(=O)c2ccccc2C1=O)CCN(C)c1cc[nH]c(=O)c1[N+](=O)[O-]. The fourth-order valence-electron chi connectivity index (χ4n) is 3.21. The number of hydrogen-bond donors (Lipinski definition) is 1. The highest BCUT2D eigenvalue weighted by Gasteiger charge is 2.34. The molecule has 1 aliphatic rings. The number of amides is 2. The van der Waals surface area contributed by atoms with E-state index < -0.39 is 16.2 Å². The smallest absolute Gasteiger partial charge is 0.356 e. The number of fused-ring (bicyclic) bond motifs is 1. The number of nitrogens with zero attached hydrogens (tertiary/aromatic N) is 4. The van der Waals surface area contributed by atoms with Crippen LogP contribution in [0.1, 0.15) is 20.7 Å². The van der Waals surface area contributed by atoms with E-state index in [0.29, 0.717) is 30.8 Å². The van der Waals surface area contributed by atoms with E-state index in [1.165, 1.54) is 17.2 Å². The highest BCUT2D eigenvalue weighted by Crippen LogP contribution is 2.23. The van der Waals surface area contributed by atoms with Gasteiger partial charge in [-0.05, 0) is 25.2 Å². The molecule has 0 fully saturated rings. The molecule has 1 aromatic heterocycles. The predicted molar refractivity (Wildman–Crippen MR) is 106 cm³/mol. The zero-order chi connectivity index (χ0) is 21.1. The van der Waals surface area contributed by atoms with Crippen molar-refractivity contribution < 1.29 is 14.5 Å². The molecule has 2 amide bonds. The number of aromatic nitrogens is 1. The van der Waals surface area contributed by atoms with E-state index >= 15 is 0 Å². The minimum absolute atomic E-state index is 0.229. The van der Waals surface area contributed by atoms with Gasteiger partial charge in [0.05, 0.1) is 16.1 Å². The number of pyridine rings is 1. The van der Waals surface area contributed by atoms with E-state index in [0.717, 1.165) is 0 Å². The minimum Gasteiger partial charge on any atom is -0.368 e. The highest BCUT2D eigenvalue weighted by molar-refractivity contribution is 6.21. The minimum atomic E-state index is -0.752. The van der Waals surface area contributed by atoms with Crippen LogP contribution in [0.15, 0.2) is 41.3 Å². The maximum Gasteiger partial charge on any atom is 0.356 e. The predicted octanol–water partition coefficient (Wildman–Crippen LogP) is 0.947. The topological polar surface area (TPSA) is 120 Å². The highest BCUT2D eigenvalue weighted by atomic mass is 16.6. The number of H-pyrrole nitrogens is 1. The standard InChI is InChI=1S/C19H21N5O5/c1-21(9-11-22(2)15-7-8-20-17(25)16(15)24(28)29)10-12-23-18(26)13-5-3-4-6-14(13)19(23)27/h3-8H,9-12H2,1-2H3,(H,20,25). The molecule has 152 valence electrons. The number of rotatable bonds is 8. The molecule has 10 nitrogen and oxygen atoms in total. The summed E-state index contributed by atoms with van der Waals surface area (Å²) in [6, 6.07) is 8.22. The number of nitro groups is 1. The van der Waals surface area contributed by atoms with Crippen molar-refractivity contribution in [1.29, 1.82) is 0 Å². The third-order valence-corrected chi connectivity index (χ3v) is 4.91. The normalized spacial score (nSPS) is 13.1. The number of hydrogen-bond acceptors (Lipinski definition) is 7. The molecule has 3 rings (SSSR count). The number of aromatic amines is 1. The second-order valence-electron chi connectivity index (χ2n) is 6.83. The Labute approximate surface area is 166 Å². The quantitative estimate of drug-likeness (QED) is 0.399. The summed E-state index contributed by atoms with van der Waals surface area (Å²) in [6.45, 7) is 1.64. The van der Waals surface area contributed by atoms with Gasteiger partial charge in [-0.15, -0.1) is 0 Å². The molecule has 0 radical (unpaired) electrons. The maximum atomic E-state index is 12.4. The van der Waals surface area contributed by atoms with Gasteiger partial charge < -0.3 is 14.8 Å². The molecule has 0 saturated carbocycles. The Hall–Kier alpha value is -3.53. The van der Waals surface area contributed by atoms with Gasteiger partial charge in [-0.2, -0.15) is 0 Å². The average molecular weight is 399 g/mol. The first-order valence-electron chi connectivity index (χ1n) is 9.02. The van der Waals surface area contributed by atoms with Crippen LogP contribution in [0.3, 0.4) is 0 Å². The summed E-state index contributed by atoms with van der Waals surface area (Å²) in [5, 5.41) is 11.2. The van der Waals surface area contributed by atoms with Gasteiger partial charge in [0.1, 0.15) is 5.69 Å². The number of benzene rings is 1. The first-order valence-corrected chi connectivity index (χ1v) is 9.02. The maximum absolute atomic E-state index is 12.4. The van der Waals surface area contributed by atoms with Crippen LogP contribution in [0, 0.1) is 10.1 Å². The monoisotopic (exact) mass is 399 g/mol. The lowest BCUT2D eigenvalue weighted by Crippen LogP contribution is -2.39. The summed E-state index contributed by atoms with van der Waals surface area (Å²) in [6.07, 6.45) is 1.37. The van der Waals surface area contributed by atoms with Gasteiger partial charge in [0, 0.05) is 39.4 Å². The van der Waals surface area contributed by atoms with Crippen molar-refractivity contribution in [3.63, 3.8) is 0 Å². The molecule has 2 aromatic rings. The molecule has 29 heavy (non-hydrogen) atoms. The van der Waals surface area contributed by atoms with Crippen molar-refractivity contribution in [2.24, 2.45) is 0 Å². The summed E-state index contributed by atoms with van der Waals surface area (Å²) in [5.41, 5.74) is -0.183. The molecule has 10 heteroatoms. The summed E-state index contributed by atoms with van der Waals surface area (Å²) >= 11 is 0. The van der Waals surface area contributed by atoms with Gasteiger partial charge in [-0.25, -0.2) is 0 Å². The molecule has 0 spiro atoms. The zero-order valence-electron chi connectivity index (χ0n) is 16.1. The van der Waals surface area contributed by atoms with E-state index in [1.807, 2.05) is 11.9 Å². The average Bonchev–Trinajstić information content (AvgIpc) is 2.94. The molecule has 0 aliphatic carbocycles. The molecule has 0 atom stereocenters. The van der Waals surface area contributed by atoms with Crippen molar-refractivity contribution in [1.82, 2.24) is 14.8 Å². The molecule has 0 saturated heterocycles. The van der Waals surface area contributed by atoms with Crippen LogP contribution in [0.5, 0.6) is 0 Å². The Bertz CT molecular complexity index is 983. The third-order valence-electron chi connectivity index (χ3n) is 4.91. The van der Waals surface area contributed by atoms with Gasteiger partial charge in [0.2, 0.25) is 0 Å². The number of carbonyl (C=O) groups is 2.